The number of halogens is 1. The van der Waals surface area contributed by atoms with Crippen LogP contribution in [0.25, 0.3) is 0 Å². The van der Waals surface area contributed by atoms with E-state index in [0.717, 1.165) is 21.9 Å². The van der Waals surface area contributed by atoms with Gasteiger partial charge >= 0.3 is 0 Å². The van der Waals surface area contributed by atoms with Gasteiger partial charge in [-0.1, -0.05) is 67.9 Å². The van der Waals surface area contributed by atoms with Gasteiger partial charge in [0.05, 0.1) is 10.6 Å². The van der Waals surface area contributed by atoms with Crippen LogP contribution in [-0.2, 0) is 26.2 Å². The summed E-state index contributed by atoms with van der Waals surface area (Å²) in [5, 5.41) is 3.28. The number of nitrogens with one attached hydrogen (secondary N) is 1. The fourth-order valence-corrected chi connectivity index (χ4v) is 5.64. The van der Waals surface area contributed by atoms with Gasteiger partial charge in [-0.3, -0.25) is 13.9 Å². The van der Waals surface area contributed by atoms with Gasteiger partial charge in [-0.05, 0) is 67.3 Å². The molecule has 0 aliphatic heterocycles. The Morgan fingerprint density at radius 2 is 1.63 bits per heavy atom. The molecule has 1 unspecified atom stereocenters. The Kier molecular flexibility index (Phi) is 10.3. The van der Waals surface area contributed by atoms with Gasteiger partial charge in [-0.15, -0.1) is 0 Å². The second-order valence-electron chi connectivity index (χ2n) is 9.03. The highest BCUT2D eigenvalue weighted by atomic mass is 35.5. The molecule has 38 heavy (non-hydrogen) atoms. The van der Waals surface area contributed by atoms with E-state index in [9.17, 15) is 18.0 Å². The first-order valence-corrected chi connectivity index (χ1v) is 14.4. The van der Waals surface area contributed by atoms with E-state index in [0.29, 0.717) is 23.7 Å². The maximum absolute atomic E-state index is 13.9. The Bertz CT molecular complexity index is 1330. The highest BCUT2D eigenvalue weighted by Gasteiger charge is 2.33. The lowest BCUT2D eigenvalue weighted by atomic mass is 10.1. The molecule has 3 rings (SSSR count). The summed E-state index contributed by atoms with van der Waals surface area (Å²) in [4.78, 5) is 28.5. The van der Waals surface area contributed by atoms with Crippen molar-refractivity contribution in [1.82, 2.24) is 10.2 Å². The molecule has 202 valence electrons. The topological polar surface area (TPSA) is 86.8 Å². The highest BCUT2D eigenvalue weighted by molar-refractivity contribution is 7.92. The van der Waals surface area contributed by atoms with Gasteiger partial charge in [0.25, 0.3) is 10.0 Å². The molecule has 0 aliphatic carbocycles. The van der Waals surface area contributed by atoms with E-state index in [-0.39, 0.29) is 17.3 Å². The van der Waals surface area contributed by atoms with Crippen LogP contribution in [0.2, 0.25) is 5.02 Å². The van der Waals surface area contributed by atoms with Gasteiger partial charge in [0.1, 0.15) is 12.6 Å². The van der Waals surface area contributed by atoms with Crippen LogP contribution >= 0.6 is 11.6 Å². The maximum atomic E-state index is 13.9. The van der Waals surface area contributed by atoms with Crippen LogP contribution in [0, 0.1) is 6.92 Å². The maximum Gasteiger partial charge on any atom is 0.264 e. The van der Waals surface area contributed by atoms with Crippen molar-refractivity contribution in [3.05, 3.63) is 95.0 Å². The Hall–Kier alpha value is -3.36. The zero-order valence-electron chi connectivity index (χ0n) is 21.9. The Morgan fingerprint density at radius 1 is 0.947 bits per heavy atom. The number of hydrogen-bond acceptors (Lipinski definition) is 4. The van der Waals surface area contributed by atoms with E-state index in [1.54, 1.807) is 18.2 Å². The van der Waals surface area contributed by atoms with Gasteiger partial charge < -0.3 is 10.2 Å². The van der Waals surface area contributed by atoms with E-state index < -0.39 is 28.5 Å². The summed E-state index contributed by atoms with van der Waals surface area (Å²) in [5.41, 5.74) is 2.04. The predicted molar refractivity (Wildman–Crippen MR) is 152 cm³/mol. The van der Waals surface area contributed by atoms with Crippen molar-refractivity contribution in [3.8, 4) is 0 Å². The standard InChI is InChI=1S/C29H34ClN3O4S/c1-4-18-31-29(35)27(5-2)32(20-23-11-7-6-8-12-23)28(34)21-33(25-13-9-10-22(3)19-25)38(36,37)26-16-14-24(30)15-17-26/h6-17,19,27H,4-5,18,20-21H2,1-3H3,(H,31,35). The Labute approximate surface area is 230 Å². The summed E-state index contributed by atoms with van der Waals surface area (Å²) in [6.45, 7) is 5.83. The van der Waals surface area contributed by atoms with Crippen molar-refractivity contribution in [2.75, 3.05) is 17.4 Å². The molecule has 0 spiro atoms. The van der Waals surface area contributed by atoms with Crippen LogP contribution in [-0.4, -0.2) is 44.3 Å². The number of amides is 2. The van der Waals surface area contributed by atoms with Crippen molar-refractivity contribution in [2.24, 2.45) is 0 Å². The van der Waals surface area contributed by atoms with Gasteiger partial charge in [0.2, 0.25) is 11.8 Å². The number of carbonyl (C=O) groups is 2. The summed E-state index contributed by atoms with van der Waals surface area (Å²) in [6.07, 6.45) is 1.14. The molecule has 3 aromatic carbocycles. The summed E-state index contributed by atoms with van der Waals surface area (Å²) < 4.78 is 28.7. The van der Waals surface area contributed by atoms with E-state index in [1.165, 1.54) is 29.2 Å². The van der Waals surface area contributed by atoms with Crippen LogP contribution in [0.4, 0.5) is 5.69 Å². The van der Waals surface area contributed by atoms with Crippen molar-refractivity contribution >= 4 is 39.1 Å². The van der Waals surface area contributed by atoms with Gasteiger partial charge in [0, 0.05) is 18.1 Å². The van der Waals surface area contributed by atoms with Crippen LogP contribution in [0.5, 0.6) is 0 Å². The lowest BCUT2D eigenvalue weighted by Crippen LogP contribution is -2.52. The molecule has 9 heteroatoms. The molecule has 0 bridgehead atoms. The first-order chi connectivity index (χ1) is 18.2. The second kappa shape index (κ2) is 13.4. The zero-order chi connectivity index (χ0) is 27.7. The number of sulfonamides is 1. The second-order valence-corrected chi connectivity index (χ2v) is 11.3. The molecule has 0 saturated carbocycles. The molecule has 0 aliphatic rings. The molecule has 1 atom stereocenters. The fraction of sp³-hybridized carbons (Fsp3) is 0.310. The minimum absolute atomic E-state index is 0.0125. The Morgan fingerprint density at radius 3 is 2.24 bits per heavy atom. The molecule has 1 N–H and O–H groups in total. The van der Waals surface area contributed by atoms with Crippen LogP contribution in [0.3, 0.4) is 0 Å². The molecule has 0 heterocycles. The Balaban J connectivity index is 2.04. The fourth-order valence-electron chi connectivity index (χ4n) is 4.11. The number of benzene rings is 3. The van der Waals surface area contributed by atoms with E-state index in [4.69, 9.17) is 11.6 Å². The molecular weight excluding hydrogens is 522 g/mol. The van der Waals surface area contributed by atoms with Crippen LogP contribution < -0.4 is 9.62 Å². The summed E-state index contributed by atoms with van der Waals surface area (Å²) in [5.74, 6) is -0.743. The minimum Gasteiger partial charge on any atom is -0.354 e. The number of hydrogen-bond donors (Lipinski definition) is 1. The summed E-state index contributed by atoms with van der Waals surface area (Å²) in [6, 6.07) is 21.4. The third-order valence-electron chi connectivity index (χ3n) is 6.10. The minimum atomic E-state index is -4.13. The van der Waals surface area contributed by atoms with E-state index >= 15 is 0 Å². The van der Waals surface area contributed by atoms with Crippen molar-refractivity contribution < 1.29 is 18.0 Å². The SMILES string of the molecule is CCCNC(=O)C(CC)N(Cc1ccccc1)C(=O)CN(c1cccc(C)c1)S(=O)(=O)c1ccc(Cl)cc1. The quantitative estimate of drug-likeness (QED) is 0.334. The smallest absolute Gasteiger partial charge is 0.264 e. The molecular formula is C29H34ClN3O4S. The number of anilines is 1. The van der Waals surface area contributed by atoms with Crippen molar-refractivity contribution in [2.45, 2.75) is 51.1 Å². The third kappa shape index (κ3) is 7.36. The highest BCUT2D eigenvalue weighted by Crippen LogP contribution is 2.26. The number of aryl methyl sites for hydroxylation is 1. The summed E-state index contributed by atoms with van der Waals surface area (Å²) >= 11 is 5.99. The molecule has 7 nitrogen and oxygen atoms in total. The number of carbonyl (C=O) groups excluding carboxylic acids is 2. The number of rotatable bonds is 12. The normalized spacial score (nSPS) is 12.0. The van der Waals surface area contributed by atoms with E-state index in [1.807, 2.05) is 57.2 Å². The van der Waals surface area contributed by atoms with Crippen molar-refractivity contribution in [3.63, 3.8) is 0 Å². The molecule has 0 aromatic heterocycles. The van der Waals surface area contributed by atoms with E-state index in [2.05, 4.69) is 5.32 Å². The monoisotopic (exact) mass is 555 g/mol. The molecule has 0 radical (unpaired) electrons. The van der Waals surface area contributed by atoms with Crippen LogP contribution in [0.15, 0.2) is 83.8 Å². The molecule has 0 saturated heterocycles. The summed E-state index contributed by atoms with van der Waals surface area (Å²) in [7, 11) is -4.13. The van der Waals surface area contributed by atoms with Gasteiger partial charge in [0.15, 0.2) is 0 Å². The average molecular weight is 556 g/mol. The lowest BCUT2D eigenvalue weighted by Gasteiger charge is -2.33. The van der Waals surface area contributed by atoms with Gasteiger partial charge in [-0.25, -0.2) is 8.42 Å². The third-order valence-corrected chi connectivity index (χ3v) is 8.14. The average Bonchev–Trinajstić information content (AvgIpc) is 2.91. The van der Waals surface area contributed by atoms with Gasteiger partial charge in [-0.2, -0.15) is 0 Å². The molecule has 3 aromatic rings. The zero-order valence-corrected chi connectivity index (χ0v) is 23.5. The lowest BCUT2D eigenvalue weighted by molar-refractivity contribution is -0.140. The van der Waals surface area contributed by atoms with Crippen molar-refractivity contribution in [1.29, 1.82) is 0 Å². The molecule has 2 amide bonds. The first-order valence-electron chi connectivity index (χ1n) is 12.6. The number of nitrogens with zero attached hydrogens (tertiary/aromatic N) is 2. The first kappa shape index (κ1) is 29.2. The molecule has 0 fully saturated rings. The largest absolute Gasteiger partial charge is 0.354 e. The van der Waals surface area contributed by atoms with Crippen LogP contribution in [0.1, 0.15) is 37.8 Å². The predicted octanol–water partition coefficient (Wildman–Crippen LogP) is 5.18.